The van der Waals surface area contributed by atoms with E-state index in [2.05, 4.69) is 10.2 Å². The highest BCUT2D eigenvalue weighted by atomic mass is 16.2. The van der Waals surface area contributed by atoms with Gasteiger partial charge in [-0.2, -0.15) is 0 Å². The van der Waals surface area contributed by atoms with E-state index in [1.54, 1.807) is 0 Å². The zero-order chi connectivity index (χ0) is 14.8. The fraction of sp³-hybridized carbons (Fsp3) is 0.875. The van der Waals surface area contributed by atoms with Crippen molar-refractivity contribution in [3.63, 3.8) is 0 Å². The third-order valence-corrected chi connectivity index (χ3v) is 5.29. The SMILES string of the molecule is CC(NC(=O)C1CCCC1)C(=O)N1CC(N2CCCC2)C1. The molecule has 118 valence electrons. The molecule has 1 N–H and O–H groups in total. The number of carbonyl (C=O) groups is 2. The minimum absolute atomic E-state index is 0.0740. The van der Waals surface area contributed by atoms with E-state index in [-0.39, 0.29) is 23.8 Å². The molecule has 1 aliphatic carbocycles. The van der Waals surface area contributed by atoms with E-state index in [1.807, 2.05) is 11.8 Å². The maximum absolute atomic E-state index is 12.3. The Labute approximate surface area is 127 Å². The number of hydrogen-bond acceptors (Lipinski definition) is 3. The molecular weight excluding hydrogens is 266 g/mol. The van der Waals surface area contributed by atoms with E-state index in [0.717, 1.165) is 38.8 Å². The number of carbonyl (C=O) groups excluding carboxylic acids is 2. The van der Waals surface area contributed by atoms with Gasteiger partial charge in [-0.05, 0) is 45.7 Å². The summed E-state index contributed by atoms with van der Waals surface area (Å²) in [5, 5.41) is 2.91. The normalized spacial score (nSPS) is 25.9. The van der Waals surface area contributed by atoms with Gasteiger partial charge in [-0.25, -0.2) is 0 Å². The molecule has 0 spiro atoms. The lowest BCUT2D eigenvalue weighted by Gasteiger charge is -2.45. The molecule has 1 atom stereocenters. The highest BCUT2D eigenvalue weighted by Crippen LogP contribution is 2.25. The first-order valence-electron chi connectivity index (χ1n) is 8.48. The molecule has 0 bridgehead atoms. The van der Waals surface area contributed by atoms with Crippen molar-refractivity contribution in [3.8, 4) is 0 Å². The van der Waals surface area contributed by atoms with Crippen LogP contribution < -0.4 is 5.32 Å². The van der Waals surface area contributed by atoms with Crippen LogP contribution in [0.25, 0.3) is 0 Å². The van der Waals surface area contributed by atoms with Crippen LogP contribution >= 0.6 is 0 Å². The summed E-state index contributed by atoms with van der Waals surface area (Å²) in [7, 11) is 0. The second-order valence-corrected chi connectivity index (χ2v) is 6.85. The summed E-state index contributed by atoms with van der Waals surface area (Å²) in [4.78, 5) is 28.8. The molecule has 3 rings (SSSR count). The highest BCUT2D eigenvalue weighted by Gasteiger charge is 2.37. The summed E-state index contributed by atoms with van der Waals surface area (Å²) in [5.74, 6) is 0.288. The molecule has 0 aromatic heterocycles. The average molecular weight is 293 g/mol. The van der Waals surface area contributed by atoms with Crippen LogP contribution in [0.15, 0.2) is 0 Å². The fourth-order valence-corrected chi connectivity index (χ4v) is 3.83. The fourth-order valence-electron chi connectivity index (χ4n) is 3.83. The molecule has 3 aliphatic rings. The summed E-state index contributed by atoms with van der Waals surface area (Å²) in [5.41, 5.74) is 0. The quantitative estimate of drug-likeness (QED) is 0.841. The Balaban J connectivity index is 1.41. The van der Waals surface area contributed by atoms with Crippen molar-refractivity contribution >= 4 is 11.8 Å². The van der Waals surface area contributed by atoms with Crippen LogP contribution in [0.1, 0.15) is 45.4 Å². The van der Waals surface area contributed by atoms with Gasteiger partial charge in [-0.3, -0.25) is 14.5 Å². The standard InChI is InChI=1S/C16H27N3O2/c1-12(17-15(20)13-6-2-3-7-13)16(21)19-10-14(11-19)18-8-4-5-9-18/h12-14H,2-11H2,1H3,(H,17,20). The Kier molecular flexibility index (Phi) is 4.48. The maximum atomic E-state index is 12.3. The van der Waals surface area contributed by atoms with Crippen molar-refractivity contribution in [1.29, 1.82) is 0 Å². The van der Waals surface area contributed by atoms with Crippen LogP contribution in [0.5, 0.6) is 0 Å². The van der Waals surface area contributed by atoms with E-state index in [9.17, 15) is 9.59 Å². The molecule has 5 nitrogen and oxygen atoms in total. The Bertz CT molecular complexity index is 394. The van der Waals surface area contributed by atoms with Crippen LogP contribution in [-0.2, 0) is 9.59 Å². The topological polar surface area (TPSA) is 52.7 Å². The van der Waals surface area contributed by atoms with Gasteiger partial charge in [-0.15, -0.1) is 0 Å². The van der Waals surface area contributed by atoms with Crippen LogP contribution in [0, 0.1) is 5.92 Å². The number of hydrogen-bond donors (Lipinski definition) is 1. The van der Waals surface area contributed by atoms with Crippen molar-refractivity contribution in [2.45, 2.75) is 57.5 Å². The second kappa shape index (κ2) is 6.34. The van der Waals surface area contributed by atoms with Gasteiger partial charge in [0, 0.05) is 25.0 Å². The van der Waals surface area contributed by atoms with Crippen LogP contribution in [0.2, 0.25) is 0 Å². The molecular formula is C16H27N3O2. The van der Waals surface area contributed by atoms with E-state index >= 15 is 0 Å². The smallest absolute Gasteiger partial charge is 0.244 e. The molecule has 1 saturated carbocycles. The monoisotopic (exact) mass is 293 g/mol. The molecule has 0 aromatic carbocycles. The summed E-state index contributed by atoms with van der Waals surface area (Å²) in [6.07, 6.45) is 6.83. The number of nitrogens with one attached hydrogen (secondary N) is 1. The Morgan fingerprint density at radius 3 is 2.29 bits per heavy atom. The van der Waals surface area contributed by atoms with Crippen molar-refractivity contribution in [2.24, 2.45) is 5.92 Å². The van der Waals surface area contributed by atoms with Crippen molar-refractivity contribution in [1.82, 2.24) is 15.1 Å². The van der Waals surface area contributed by atoms with Crippen molar-refractivity contribution in [3.05, 3.63) is 0 Å². The predicted octanol–water partition coefficient (Wildman–Crippen LogP) is 0.988. The van der Waals surface area contributed by atoms with E-state index in [1.165, 1.54) is 25.9 Å². The van der Waals surface area contributed by atoms with Gasteiger partial charge in [0.15, 0.2) is 0 Å². The third kappa shape index (κ3) is 3.23. The molecule has 2 aliphatic heterocycles. The number of likely N-dealkylation sites (tertiary alicyclic amines) is 2. The Hall–Kier alpha value is -1.10. The summed E-state index contributed by atoms with van der Waals surface area (Å²) >= 11 is 0. The lowest BCUT2D eigenvalue weighted by Crippen LogP contribution is -2.63. The third-order valence-electron chi connectivity index (χ3n) is 5.29. The van der Waals surface area contributed by atoms with Gasteiger partial charge in [0.25, 0.3) is 0 Å². The largest absolute Gasteiger partial charge is 0.344 e. The van der Waals surface area contributed by atoms with Crippen LogP contribution in [0.4, 0.5) is 0 Å². The van der Waals surface area contributed by atoms with Gasteiger partial charge in [0.05, 0.1) is 0 Å². The Morgan fingerprint density at radius 1 is 1.05 bits per heavy atom. The Morgan fingerprint density at radius 2 is 1.67 bits per heavy atom. The van der Waals surface area contributed by atoms with Gasteiger partial charge in [-0.1, -0.05) is 12.8 Å². The molecule has 5 heteroatoms. The highest BCUT2D eigenvalue weighted by molar-refractivity contribution is 5.88. The minimum Gasteiger partial charge on any atom is -0.344 e. The number of amides is 2. The summed E-state index contributed by atoms with van der Waals surface area (Å²) in [6, 6.07) is 0.173. The van der Waals surface area contributed by atoms with E-state index in [0.29, 0.717) is 6.04 Å². The van der Waals surface area contributed by atoms with Crippen LogP contribution in [0.3, 0.4) is 0 Å². The lowest BCUT2D eigenvalue weighted by atomic mass is 10.0. The lowest BCUT2D eigenvalue weighted by molar-refractivity contribution is -0.142. The number of nitrogens with zero attached hydrogens (tertiary/aromatic N) is 2. The summed E-state index contributed by atoms with van der Waals surface area (Å²) in [6.45, 7) is 5.85. The molecule has 2 amide bonds. The van der Waals surface area contributed by atoms with Crippen molar-refractivity contribution in [2.75, 3.05) is 26.2 Å². The molecule has 21 heavy (non-hydrogen) atoms. The molecule has 1 unspecified atom stereocenters. The van der Waals surface area contributed by atoms with E-state index < -0.39 is 0 Å². The van der Waals surface area contributed by atoms with Gasteiger partial charge in [0.1, 0.15) is 6.04 Å². The molecule has 0 radical (unpaired) electrons. The maximum Gasteiger partial charge on any atom is 0.244 e. The molecule has 3 fully saturated rings. The van der Waals surface area contributed by atoms with Gasteiger partial charge in [0.2, 0.25) is 11.8 Å². The zero-order valence-electron chi connectivity index (χ0n) is 13.0. The van der Waals surface area contributed by atoms with Gasteiger partial charge >= 0.3 is 0 Å². The van der Waals surface area contributed by atoms with E-state index in [4.69, 9.17) is 0 Å². The van der Waals surface area contributed by atoms with Gasteiger partial charge < -0.3 is 10.2 Å². The minimum atomic E-state index is -0.377. The first-order valence-corrected chi connectivity index (χ1v) is 8.48. The molecule has 2 saturated heterocycles. The van der Waals surface area contributed by atoms with Crippen molar-refractivity contribution < 1.29 is 9.59 Å². The molecule has 0 aromatic rings. The first-order chi connectivity index (χ1) is 10.1. The van der Waals surface area contributed by atoms with Crippen LogP contribution in [-0.4, -0.2) is 59.9 Å². The first kappa shape index (κ1) is 14.8. The molecule has 2 heterocycles. The average Bonchev–Trinajstić information content (AvgIpc) is 3.10. The second-order valence-electron chi connectivity index (χ2n) is 6.85. The summed E-state index contributed by atoms with van der Waals surface area (Å²) < 4.78 is 0. The number of rotatable bonds is 4. The zero-order valence-corrected chi connectivity index (χ0v) is 13.0. The predicted molar refractivity (Wildman–Crippen MR) is 80.7 cm³/mol.